The molecule has 0 atom stereocenters. The van der Waals surface area contributed by atoms with E-state index in [0.717, 1.165) is 27.4 Å². The van der Waals surface area contributed by atoms with Crippen molar-refractivity contribution >= 4 is 28.1 Å². The number of nitrogen functional groups attached to an aromatic ring is 1. The fraction of sp³-hybridized carbons (Fsp3) is 0.333. The summed E-state index contributed by atoms with van der Waals surface area (Å²) in [5.74, 6) is -0.0232. The number of aromatic nitrogens is 1. The molecule has 2 rings (SSSR count). The van der Waals surface area contributed by atoms with Crippen LogP contribution in [0.4, 0.5) is 10.8 Å². The molecule has 112 valence electrons. The van der Waals surface area contributed by atoms with Gasteiger partial charge in [-0.1, -0.05) is 6.07 Å². The third kappa shape index (κ3) is 3.80. The Morgan fingerprint density at radius 3 is 2.62 bits per heavy atom. The highest BCUT2D eigenvalue weighted by Gasteiger charge is 2.11. The molecular weight excluding hydrogens is 284 g/mol. The highest BCUT2D eigenvalue weighted by atomic mass is 32.1. The molecule has 0 radical (unpaired) electrons. The van der Waals surface area contributed by atoms with Gasteiger partial charge in [-0.3, -0.25) is 4.79 Å². The SMILES string of the molecule is Cc1cc(-c2nc(N)sc2C)ccc1NC(=O)CN(C)C. The molecule has 6 heteroatoms. The normalized spacial score (nSPS) is 10.9. The van der Waals surface area contributed by atoms with Crippen LogP contribution >= 0.6 is 11.3 Å². The summed E-state index contributed by atoms with van der Waals surface area (Å²) in [5, 5.41) is 3.49. The molecule has 1 aromatic heterocycles. The van der Waals surface area contributed by atoms with E-state index in [0.29, 0.717) is 11.7 Å². The van der Waals surface area contributed by atoms with Gasteiger partial charge < -0.3 is 16.0 Å². The maximum atomic E-state index is 11.8. The molecule has 0 aliphatic heterocycles. The highest BCUT2D eigenvalue weighted by molar-refractivity contribution is 7.15. The molecule has 1 aromatic carbocycles. The summed E-state index contributed by atoms with van der Waals surface area (Å²) in [6.45, 7) is 4.34. The van der Waals surface area contributed by atoms with E-state index in [1.807, 2.05) is 51.0 Å². The maximum Gasteiger partial charge on any atom is 0.238 e. The van der Waals surface area contributed by atoms with Gasteiger partial charge in [0.05, 0.1) is 12.2 Å². The van der Waals surface area contributed by atoms with Crippen LogP contribution in [-0.2, 0) is 4.79 Å². The number of benzene rings is 1. The third-order valence-corrected chi connectivity index (χ3v) is 3.85. The maximum absolute atomic E-state index is 11.8. The first kappa shape index (κ1) is 15.5. The van der Waals surface area contributed by atoms with Gasteiger partial charge in [0.25, 0.3) is 0 Å². The molecule has 0 aliphatic rings. The number of hydrogen-bond donors (Lipinski definition) is 2. The molecule has 1 amide bonds. The molecule has 0 aliphatic carbocycles. The molecule has 3 N–H and O–H groups in total. The Balaban J connectivity index is 2.22. The number of thiazole rings is 1. The smallest absolute Gasteiger partial charge is 0.238 e. The number of carbonyl (C=O) groups excluding carboxylic acids is 1. The Morgan fingerprint density at radius 1 is 1.38 bits per heavy atom. The summed E-state index contributed by atoms with van der Waals surface area (Å²) < 4.78 is 0. The Kier molecular flexibility index (Phi) is 4.59. The first-order valence-corrected chi connectivity index (χ1v) is 7.47. The van der Waals surface area contributed by atoms with Crippen LogP contribution in [0, 0.1) is 13.8 Å². The summed E-state index contributed by atoms with van der Waals surface area (Å²) in [5.41, 5.74) is 9.50. The van der Waals surface area contributed by atoms with Gasteiger partial charge in [-0.2, -0.15) is 0 Å². The van der Waals surface area contributed by atoms with E-state index in [1.54, 1.807) is 0 Å². The standard InChI is InChI=1S/C15H20N4OS/c1-9-7-11(14-10(2)21-15(16)18-14)5-6-12(9)17-13(20)8-19(3)4/h5-7H,8H2,1-4H3,(H2,16,18)(H,17,20). The molecule has 0 saturated heterocycles. The summed E-state index contributed by atoms with van der Waals surface area (Å²) in [7, 11) is 3.73. The Hall–Kier alpha value is -1.92. The Labute approximate surface area is 128 Å². The lowest BCUT2D eigenvalue weighted by Gasteiger charge is -2.12. The van der Waals surface area contributed by atoms with Crippen LogP contribution < -0.4 is 11.1 Å². The van der Waals surface area contributed by atoms with E-state index in [1.165, 1.54) is 11.3 Å². The highest BCUT2D eigenvalue weighted by Crippen LogP contribution is 2.30. The van der Waals surface area contributed by atoms with Crippen LogP contribution in [0.5, 0.6) is 0 Å². The second-order valence-corrected chi connectivity index (χ2v) is 6.51. The van der Waals surface area contributed by atoms with Crippen LogP contribution in [0.2, 0.25) is 0 Å². The second kappa shape index (κ2) is 6.24. The minimum atomic E-state index is -0.0232. The topological polar surface area (TPSA) is 71.2 Å². The van der Waals surface area contributed by atoms with Crippen LogP contribution in [0.1, 0.15) is 10.4 Å². The number of nitrogens with one attached hydrogen (secondary N) is 1. The van der Waals surface area contributed by atoms with Crippen molar-refractivity contribution in [1.29, 1.82) is 0 Å². The second-order valence-electron chi connectivity index (χ2n) is 5.27. The van der Waals surface area contributed by atoms with Crippen molar-refractivity contribution in [2.45, 2.75) is 13.8 Å². The monoisotopic (exact) mass is 304 g/mol. The lowest BCUT2D eigenvalue weighted by atomic mass is 10.1. The number of nitrogens with zero attached hydrogens (tertiary/aromatic N) is 2. The van der Waals surface area contributed by atoms with Crippen molar-refractivity contribution in [2.24, 2.45) is 0 Å². The van der Waals surface area contributed by atoms with Crippen molar-refractivity contribution in [3.05, 3.63) is 28.6 Å². The zero-order chi connectivity index (χ0) is 15.6. The number of rotatable bonds is 4. The summed E-state index contributed by atoms with van der Waals surface area (Å²) in [6, 6.07) is 5.89. The number of nitrogens with two attached hydrogens (primary N) is 1. The minimum absolute atomic E-state index is 0.0232. The largest absolute Gasteiger partial charge is 0.375 e. The van der Waals surface area contributed by atoms with Gasteiger partial charge in [0.2, 0.25) is 5.91 Å². The molecule has 0 spiro atoms. The molecular formula is C15H20N4OS. The van der Waals surface area contributed by atoms with E-state index < -0.39 is 0 Å². The number of aryl methyl sites for hydroxylation is 2. The van der Waals surface area contributed by atoms with Gasteiger partial charge in [-0.25, -0.2) is 4.98 Å². The van der Waals surface area contributed by atoms with E-state index >= 15 is 0 Å². The lowest BCUT2D eigenvalue weighted by molar-refractivity contribution is -0.116. The fourth-order valence-electron chi connectivity index (χ4n) is 2.11. The quantitative estimate of drug-likeness (QED) is 0.910. The van der Waals surface area contributed by atoms with Gasteiger partial charge in [0.1, 0.15) is 0 Å². The first-order chi connectivity index (χ1) is 9.86. The predicted molar refractivity (Wildman–Crippen MR) is 88.6 cm³/mol. The van der Waals surface area contributed by atoms with Crippen LogP contribution in [0.3, 0.4) is 0 Å². The average Bonchev–Trinajstić information content (AvgIpc) is 2.70. The molecule has 0 bridgehead atoms. The molecule has 2 aromatic rings. The number of likely N-dealkylation sites (N-methyl/N-ethyl adjacent to an activating group) is 1. The van der Waals surface area contributed by atoms with E-state index in [4.69, 9.17) is 5.73 Å². The first-order valence-electron chi connectivity index (χ1n) is 6.65. The Morgan fingerprint density at radius 2 is 2.10 bits per heavy atom. The van der Waals surface area contributed by atoms with Crippen molar-refractivity contribution in [3.63, 3.8) is 0 Å². The van der Waals surface area contributed by atoms with Gasteiger partial charge in [-0.05, 0) is 45.6 Å². The van der Waals surface area contributed by atoms with Gasteiger partial charge in [-0.15, -0.1) is 11.3 Å². The summed E-state index contributed by atoms with van der Waals surface area (Å²) >= 11 is 1.48. The summed E-state index contributed by atoms with van der Waals surface area (Å²) in [4.78, 5) is 19.1. The molecule has 0 fully saturated rings. The predicted octanol–water partition coefficient (Wildman–Crippen LogP) is 2.51. The van der Waals surface area contributed by atoms with Crippen LogP contribution in [0.15, 0.2) is 18.2 Å². The fourth-order valence-corrected chi connectivity index (χ4v) is 2.82. The van der Waals surface area contributed by atoms with Crippen LogP contribution in [0.25, 0.3) is 11.3 Å². The van der Waals surface area contributed by atoms with Gasteiger partial charge in [0, 0.05) is 16.1 Å². The molecule has 1 heterocycles. The number of hydrogen-bond acceptors (Lipinski definition) is 5. The van der Waals surface area contributed by atoms with E-state index in [-0.39, 0.29) is 5.91 Å². The Bertz CT molecular complexity index is 664. The van der Waals surface area contributed by atoms with Crippen molar-refractivity contribution < 1.29 is 4.79 Å². The average molecular weight is 304 g/mol. The number of amides is 1. The molecule has 21 heavy (non-hydrogen) atoms. The molecule has 5 nitrogen and oxygen atoms in total. The van der Waals surface area contributed by atoms with Crippen molar-refractivity contribution in [1.82, 2.24) is 9.88 Å². The van der Waals surface area contributed by atoms with Gasteiger partial charge >= 0.3 is 0 Å². The minimum Gasteiger partial charge on any atom is -0.375 e. The van der Waals surface area contributed by atoms with E-state index in [2.05, 4.69) is 10.3 Å². The van der Waals surface area contributed by atoms with Crippen molar-refractivity contribution in [3.8, 4) is 11.3 Å². The lowest BCUT2D eigenvalue weighted by Crippen LogP contribution is -2.27. The summed E-state index contributed by atoms with van der Waals surface area (Å²) in [6.07, 6.45) is 0. The number of anilines is 2. The third-order valence-electron chi connectivity index (χ3n) is 3.05. The molecule has 0 unspecified atom stereocenters. The molecule has 0 saturated carbocycles. The van der Waals surface area contributed by atoms with Gasteiger partial charge in [0.15, 0.2) is 5.13 Å². The van der Waals surface area contributed by atoms with E-state index in [9.17, 15) is 4.79 Å². The zero-order valence-corrected chi connectivity index (χ0v) is 13.5. The zero-order valence-electron chi connectivity index (χ0n) is 12.7. The van der Waals surface area contributed by atoms with Crippen molar-refractivity contribution in [2.75, 3.05) is 31.7 Å². The van der Waals surface area contributed by atoms with Crippen LogP contribution in [-0.4, -0.2) is 36.4 Å². The number of carbonyl (C=O) groups is 1.